The van der Waals surface area contributed by atoms with Crippen LogP contribution >= 0.6 is 0 Å². The molecule has 12 unspecified atom stereocenters. The van der Waals surface area contributed by atoms with Crippen LogP contribution in [0.3, 0.4) is 0 Å². The second-order valence-corrected chi connectivity index (χ2v) is 22.5. The zero-order valence-electron chi connectivity index (χ0n) is 53.2. The quantitative estimate of drug-likeness (QED) is 0.0204. The van der Waals surface area contributed by atoms with Crippen molar-refractivity contribution in [1.29, 1.82) is 0 Å². The normalized spacial score (nSPS) is 24.3. The Hall–Kier alpha value is -4.39. The fourth-order valence-corrected chi connectivity index (χ4v) is 9.66. The first-order valence-electron chi connectivity index (χ1n) is 33.2. The van der Waals surface area contributed by atoms with Gasteiger partial charge in [-0.2, -0.15) is 0 Å². The Morgan fingerprint density at radius 2 is 0.805 bits per heavy atom. The number of carbonyl (C=O) groups excluding carboxylic acids is 1. The summed E-state index contributed by atoms with van der Waals surface area (Å²) in [6.45, 7) is 2.62. The zero-order valence-corrected chi connectivity index (χ0v) is 53.2. The lowest BCUT2D eigenvalue weighted by Crippen LogP contribution is -2.65. The summed E-state index contributed by atoms with van der Waals surface area (Å²) in [5.41, 5.74) is 0. The maximum Gasteiger partial charge on any atom is 0.220 e. The number of ether oxygens (including phenoxy) is 4. The van der Waals surface area contributed by atoms with Crippen molar-refractivity contribution in [2.75, 3.05) is 19.8 Å². The molecule has 9 N–H and O–H groups in total. The van der Waals surface area contributed by atoms with Crippen LogP contribution in [0.5, 0.6) is 0 Å². The van der Waals surface area contributed by atoms with E-state index in [0.29, 0.717) is 12.8 Å². The number of rotatable bonds is 51. The van der Waals surface area contributed by atoms with Crippen LogP contribution in [-0.2, 0) is 23.7 Å². The van der Waals surface area contributed by atoms with Crippen molar-refractivity contribution >= 4 is 5.91 Å². The number of hydrogen-bond acceptors (Lipinski definition) is 13. The highest BCUT2D eigenvalue weighted by atomic mass is 16.7. The SMILES string of the molecule is CC/C=C\C/C=C\C/C=C\C/C=C\C/C=C\C/C=C\C/C=C\C/C=C\C/C=C\C/C=C\C/C=C\CCCCCCCC(=O)NC(COC1OC(CO)C(OC2OC(CO)C(O)C(O)C2O)C(O)C1O)C(O)/C=C/CC/C=C/CCCCCCCCCC. The lowest BCUT2D eigenvalue weighted by atomic mass is 9.97. The van der Waals surface area contributed by atoms with Crippen molar-refractivity contribution in [1.82, 2.24) is 5.32 Å². The van der Waals surface area contributed by atoms with Crippen molar-refractivity contribution in [3.63, 3.8) is 0 Å². The molecule has 87 heavy (non-hydrogen) atoms. The Kier molecular flexibility index (Phi) is 50.4. The summed E-state index contributed by atoms with van der Waals surface area (Å²) in [6.07, 6.45) is 68.7. The van der Waals surface area contributed by atoms with Crippen LogP contribution < -0.4 is 5.32 Å². The Labute approximate surface area is 525 Å². The summed E-state index contributed by atoms with van der Waals surface area (Å²) in [5.74, 6) is -0.276. The van der Waals surface area contributed by atoms with Gasteiger partial charge in [0.1, 0.15) is 48.8 Å². The molecule has 0 aromatic carbocycles. The molecule has 492 valence electrons. The van der Waals surface area contributed by atoms with Gasteiger partial charge in [0, 0.05) is 6.42 Å². The zero-order chi connectivity index (χ0) is 63.1. The lowest BCUT2D eigenvalue weighted by Gasteiger charge is -2.46. The van der Waals surface area contributed by atoms with Gasteiger partial charge >= 0.3 is 0 Å². The predicted octanol–water partition coefficient (Wildman–Crippen LogP) is 13.1. The third kappa shape index (κ3) is 40.1. The summed E-state index contributed by atoms with van der Waals surface area (Å²) >= 11 is 0. The molecule has 0 radical (unpaired) electrons. The monoisotopic (exact) mass is 1220 g/mol. The maximum absolute atomic E-state index is 13.3. The van der Waals surface area contributed by atoms with Crippen molar-refractivity contribution in [3.8, 4) is 0 Å². The number of aliphatic hydroxyl groups is 8. The first kappa shape index (κ1) is 78.7. The average molecular weight is 1220 g/mol. The smallest absolute Gasteiger partial charge is 0.220 e. The highest BCUT2D eigenvalue weighted by molar-refractivity contribution is 5.76. The minimum atomic E-state index is -1.80. The van der Waals surface area contributed by atoms with E-state index in [-0.39, 0.29) is 18.9 Å². The van der Waals surface area contributed by atoms with Gasteiger partial charge < -0.3 is 65.1 Å². The standard InChI is InChI=1S/C73H117NO13/c1-3-5-7-9-11-13-15-17-19-20-21-22-23-24-25-26-27-28-29-30-31-32-33-34-35-36-37-38-39-40-41-42-43-45-47-49-51-53-55-57-65(78)74-61(62(77)56-54-52-50-48-46-44-18-16-14-12-10-8-6-4-2)60-84-72-70(83)68(81)71(64(59-76)86-72)87-73-69(82)67(80)66(79)63(58-75)85-73/h5,7,11,13,17,19,21-22,24-25,27-28,30-31,33-34,36-37,39-40,42-43,46,48,54,56,61-64,66-73,75-77,79-83H,3-4,6,8-10,12,14-16,18,20,23,26,29,32,35,38,41,44-45,47,49-53,55,57-60H2,1-2H3,(H,74,78)/b7-5-,13-11-,19-17-,22-21-,25-24-,28-27-,31-30-,34-33-,37-36-,40-39-,43-42-,48-46+,56-54+. The number of amides is 1. The van der Waals surface area contributed by atoms with Gasteiger partial charge in [-0.1, -0.05) is 236 Å². The van der Waals surface area contributed by atoms with E-state index in [9.17, 15) is 45.6 Å². The predicted molar refractivity (Wildman–Crippen MR) is 354 cm³/mol. The average Bonchev–Trinajstić information content (AvgIpc) is 2.05. The summed E-state index contributed by atoms with van der Waals surface area (Å²) in [6, 6.07) is -0.954. The van der Waals surface area contributed by atoms with Gasteiger partial charge in [-0.05, 0) is 116 Å². The molecule has 0 spiro atoms. The number of allylic oxidation sites excluding steroid dienone is 25. The Morgan fingerprint density at radius 3 is 1.26 bits per heavy atom. The number of aliphatic hydroxyl groups excluding tert-OH is 8. The summed E-state index contributed by atoms with van der Waals surface area (Å²) < 4.78 is 22.7. The molecular formula is C73H117NO13. The second kappa shape index (κ2) is 55.7. The van der Waals surface area contributed by atoms with E-state index in [2.05, 4.69) is 165 Å². The molecular weight excluding hydrogens is 1100 g/mol. The van der Waals surface area contributed by atoms with Crippen LogP contribution in [0.15, 0.2) is 158 Å². The summed E-state index contributed by atoms with van der Waals surface area (Å²) in [5, 5.41) is 87.1. The lowest BCUT2D eigenvalue weighted by molar-refractivity contribution is -0.359. The molecule has 2 fully saturated rings. The molecule has 0 aromatic heterocycles. The molecule has 2 rings (SSSR count). The highest BCUT2D eigenvalue weighted by Gasteiger charge is 2.51. The molecule has 14 heteroatoms. The molecule has 12 atom stereocenters. The second-order valence-electron chi connectivity index (χ2n) is 22.5. The van der Waals surface area contributed by atoms with Crippen molar-refractivity contribution in [2.45, 2.75) is 274 Å². The number of nitrogens with one attached hydrogen (secondary N) is 1. The van der Waals surface area contributed by atoms with Crippen molar-refractivity contribution in [2.24, 2.45) is 0 Å². The van der Waals surface area contributed by atoms with Crippen molar-refractivity contribution < 1.29 is 64.6 Å². The van der Waals surface area contributed by atoms with Crippen LogP contribution in [0.25, 0.3) is 0 Å². The molecule has 0 saturated carbocycles. The number of hydrogen-bond donors (Lipinski definition) is 9. The molecule has 0 aromatic rings. The Bertz CT molecular complexity index is 2070. The van der Waals surface area contributed by atoms with Crippen LogP contribution in [0.4, 0.5) is 0 Å². The van der Waals surface area contributed by atoms with E-state index in [1.165, 1.54) is 51.4 Å². The van der Waals surface area contributed by atoms with E-state index in [1.54, 1.807) is 6.08 Å². The molecule has 2 heterocycles. The minimum Gasteiger partial charge on any atom is -0.394 e. The molecule has 1 amide bonds. The number of unbranched alkanes of at least 4 members (excludes halogenated alkanes) is 14. The largest absolute Gasteiger partial charge is 0.394 e. The highest BCUT2D eigenvalue weighted by Crippen LogP contribution is 2.30. The Balaban J connectivity index is 1.67. The fourth-order valence-electron chi connectivity index (χ4n) is 9.66. The minimum absolute atomic E-state index is 0.240. The van der Waals surface area contributed by atoms with E-state index in [0.717, 1.165) is 116 Å². The molecule has 2 aliphatic rings. The molecule has 0 bridgehead atoms. The van der Waals surface area contributed by atoms with Gasteiger partial charge in [0.25, 0.3) is 0 Å². The number of carbonyl (C=O) groups is 1. The Morgan fingerprint density at radius 1 is 0.425 bits per heavy atom. The van der Waals surface area contributed by atoms with Gasteiger partial charge in [0.15, 0.2) is 12.6 Å². The first-order valence-corrected chi connectivity index (χ1v) is 33.2. The van der Waals surface area contributed by atoms with Crippen LogP contribution in [0.1, 0.15) is 200 Å². The van der Waals surface area contributed by atoms with Gasteiger partial charge in [-0.3, -0.25) is 4.79 Å². The van der Waals surface area contributed by atoms with Crippen LogP contribution in [0.2, 0.25) is 0 Å². The van der Waals surface area contributed by atoms with E-state index < -0.39 is 86.8 Å². The third-order valence-corrected chi connectivity index (χ3v) is 14.9. The van der Waals surface area contributed by atoms with Crippen LogP contribution in [-0.4, -0.2) is 140 Å². The van der Waals surface area contributed by atoms with Crippen molar-refractivity contribution in [3.05, 3.63) is 158 Å². The van der Waals surface area contributed by atoms with Gasteiger partial charge in [0.05, 0.1) is 32.0 Å². The first-order chi connectivity index (χ1) is 42.6. The topological polar surface area (TPSA) is 228 Å². The molecule has 2 saturated heterocycles. The van der Waals surface area contributed by atoms with Gasteiger partial charge in [-0.25, -0.2) is 0 Å². The van der Waals surface area contributed by atoms with Gasteiger partial charge in [-0.15, -0.1) is 0 Å². The van der Waals surface area contributed by atoms with Gasteiger partial charge in [0.2, 0.25) is 5.91 Å². The fraction of sp³-hybridized carbons (Fsp3) is 0.630. The van der Waals surface area contributed by atoms with Crippen LogP contribution in [0, 0.1) is 0 Å². The van der Waals surface area contributed by atoms with E-state index >= 15 is 0 Å². The molecule has 2 aliphatic heterocycles. The third-order valence-electron chi connectivity index (χ3n) is 14.9. The van der Waals surface area contributed by atoms with E-state index in [4.69, 9.17) is 18.9 Å². The van der Waals surface area contributed by atoms with E-state index in [1.807, 2.05) is 6.08 Å². The molecule has 14 nitrogen and oxygen atoms in total. The summed E-state index contributed by atoms with van der Waals surface area (Å²) in [7, 11) is 0. The molecule has 0 aliphatic carbocycles. The summed E-state index contributed by atoms with van der Waals surface area (Å²) in [4.78, 5) is 13.3. The maximum atomic E-state index is 13.3.